The van der Waals surface area contributed by atoms with Gasteiger partial charge in [-0.15, -0.1) is 0 Å². The molecule has 1 atom stereocenters. The van der Waals surface area contributed by atoms with Gasteiger partial charge < -0.3 is 14.4 Å². The first-order valence-electron chi connectivity index (χ1n) is 22.5. The molecule has 0 radical (unpaired) electrons. The number of benzene rings is 8. The van der Waals surface area contributed by atoms with Crippen molar-refractivity contribution in [2.45, 2.75) is 31.1 Å². The maximum Gasteiger partial charge on any atom is 0.172 e. The number of ether oxygens (including phenoxy) is 2. The lowest BCUT2D eigenvalue weighted by Crippen LogP contribution is -2.26. The van der Waals surface area contributed by atoms with Crippen LogP contribution in [-0.4, -0.2) is 0 Å². The zero-order chi connectivity index (χ0) is 42.2. The standard InChI is InChI=1S/C61H43NO2/c1-3-15-40(16-4-1)42-29-31-43(32-30-42)45-20-14-22-47(36-45)62(46-21-13-19-44(35-46)41-17-5-2-6-18-41)48-33-34-57-58(37-48)64-60-39-56-52(38-59(60)63-57)51-25-9-12-28-55(51)61(56)53-26-10-7-23-49(53)50-24-8-11-27-54(50)61/h1-7,9-10,12-29,31,33-39H,8,11,30,32H2. The summed E-state index contributed by atoms with van der Waals surface area (Å²) in [6.45, 7) is 0. The summed E-state index contributed by atoms with van der Waals surface area (Å²) < 4.78 is 13.9. The first-order valence-corrected chi connectivity index (χ1v) is 22.5. The van der Waals surface area contributed by atoms with Gasteiger partial charge in [0.05, 0.1) is 11.1 Å². The summed E-state index contributed by atoms with van der Waals surface area (Å²) in [6.07, 6.45) is 13.6. The van der Waals surface area contributed by atoms with E-state index in [9.17, 15) is 0 Å². The normalized spacial score (nSPS) is 17.2. The van der Waals surface area contributed by atoms with E-state index in [1.54, 1.807) is 0 Å². The van der Waals surface area contributed by atoms with Gasteiger partial charge in [0.25, 0.3) is 0 Å². The zero-order valence-electron chi connectivity index (χ0n) is 35.3. The van der Waals surface area contributed by atoms with Crippen LogP contribution in [0.25, 0.3) is 39.0 Å². The van der Waals surface area contributed by atoms with Crippen molar-refractivity contribution < 1.29 is 9.47 Å². The van der Waals surface area contributed by atoms with E-state index >= 15 is 0 Å². The summed E-state index contributed by atoms with van der Waals surface area (Å²) >= 11 is 0. The number of fused-ring (bicyclic) bond motifs is 12. The first kappa shape index (κ1) is 36.7. The largest absolute Gasteiger partial charge is 0.449 e. The molecule has 1 aliphatic heterocycles. The van der Waals surface area contributed by atoms with Crippen molar-refractivity contribution in [3.05, 3.63) is 251 Å². The van der Waals surface area contributed by atoms with E-state index in [-0.39, 0.29) is 0 Å². The smallest absolute Gasteiger partial charge is 0.172 e. The molecule has 8 aromatic carbocycles. The fourth-order valence-electron chi connectivity index (χ4n) is 11.1. The van der Waals surface area contributed by atoms with E-state index in [1.165, 1.54) is 72.4 Å². The summed E-state index contributed by atoms with van der Waals surface area (Å²) in [6, 6.07) is 67.9. The van der Waals surface area contributed by atoms with Gasteiger partial charge in [-0.25, -0.2) is 0 Å². The molecule has 1 spiro atoms. The molecule has 0 bridgehead atoms. The molecule has 0 saturated heterocycles. The Labute approximate surface area is 374 Å². The fourth-order valence-corrected chi connectivity index (χ4v) is 11.1. The van der Waals surface area contributed by atoms with Gasteiger partial charge in [-0.05, 0) is 152 Å². The van der Waals surface area contributed by atoms with Gasteiger partial charge in [-0.3, -0.25) is 0 Å². The highest BCUT2D eigenvalue weighted by Gasteiger charge is 2.54. The fraction of sp³-hybridized carbons (Fsp3) is 0.0820. The summed E-state index contributed by atoms with van der Waals surface area (Å²) in [7, 11) is 0. The van der Waals surface area contributed by atoms with E-state index in [0.29, 0.717) is 11.5 Å². The van der Waals surface area contributed by atoms with Crippen LogP contribution in [-0.2, 0) is 5.41 Å². The van der Waals surface area contributed by atoms with Crippen LogP contribution in [0.1, 0.15) is 59.1 Å². The predicted octanol–water partition coefficient (Wildman–Crippen LogP) is 16.4. The van der Waals surface area contributed by atoms with Crippen molar-refractivity contribution in [3.63, 3.8) is 0 Å². The van der Waals surface area contributed by atoms with Crippen molar-refractivity contribution in [2.75, 3.05) is 4.90 Å². The van der Waals surface area contributed by atoms with Gasteiger partial charge in [0.1, 0.15) is 0 Å². The van der Waals surface area contributed by atoms with Crippen molar-refractivity contribution >= 4 is 33.8 Å². The van der Waals surface area contributed by atoms with Gasteiger partial charge >= 0.3 is 0 Å². The molecule has 304 valence electrons. The second kappa shape index (κ2) is 14.6. The Kier molecular flexibility index (Phi) is 8.39. The molecule has 1 unspecified atom stereocenters. The van der Waals surface area contributed by atoms with Gasteiger partial charge in [0.15, 0.2) is 23.0 Å². The molecule has 3 nitrogen and oxygen atoms in total. The summed E-state index contributed by atoms with van der Waals surface area (Å²) in [5.41, 5.74) is 20.7. The Hall–Kier alpha value is -7.88. The Morgan fingerprint density at radius 1 is 0.375 bits per heavy atom. The minimum absolute atomic E-state index is 0.423. The number of hydrogen-bond acceptors (Lipinski definition) is 3. The second-order valence-electron chi connectivity index (χ2n) is 17.4. The third kappa shape index (κ3) is 5.67. The molecule has 0 fully saturated rings. The van der Waals surface area contributed by atoms with Crippen molar-refractivity contribution in [3.8, 4) is 45.3 Å². The lowest BCUT2D eigenvalue weighted by molar-refractivity contribution is 0.359. The van der Waals surface area contributed by atoms with Crippen LogP contribution in [0.15, 0.2) is 218 Å². The van der Waals surface area contributed by atoms with Gasteiger partial charge in [0, 0.05) is 17.4 Å². The van der Waals surface area contributed by atoms with Gasteiger partial charge in [0.2, 0.25) is 0 Å². The molecule has 3 heteroatoms. The molecule has 0 N–H and O–H groups in total. The molecular weight excluding hydrogens is 779 g/mol. The highest BCUT2D eigenvalue weighted by Crippen LogP contribution is 2.66. The van der Waals surface area contributed by atoms with Crippen LogP contribution in [0, 0.1) is 0 Å². The lowest BCUT2D eigenvalue weighted by atomic mass is 9.69. The van der Waals surface area contributed by atoms with Gasteiger partial charge in [-0.2, -0.15) is 0 Å². The maximum atomic E-state index is 7.05. The van der Waals surface area contributed by atoms with Crippen molar-refractivity contribution in [1.82, 2.24) is 0 Å². The molecule has 13 rings (SSSR count). The van der Waals surface area contributed by atoms with Crippen LogP contribution in [0.4, 0.5) is 17.1 Å². The quantitative estimate of drug-likeness (QED) is 0.167. The molecule has 1 heterocycles. The Bertz CT molecular complexity index is 3330. The molecular formula is C61H43NO2. The third-order valence-corrected chi connectivity index (χ3v) is 13.9. The predicted molar refractivity (Wildman–Crippen MR) is 262 cm³/mol. The molecule has 64 heavy (non-hydrogen) atoms. The number of allylic oxidation sites excluding steroid dienone is 8. The molecule has 4 aliphatic carbocycles. The van der Waals surface area contributed by atoms with Gasteiger partial charge in [-0.1, -0.05) is 158 Å². The number of nitrogens with zero attached hydrogens (tertiary/aromatic N) is 1. The molecule has 8 aromatic rings. The lowest BCUT2D eigenvalue weighted by Gasteiger charge is -2.32. The highest BCUT2D eigenvalue weighted by molar-refractivity contribution is 6.01. The van der Waals surface area contributed by atoms with Crippen molar-refractivity contribution in [1.29, 1.82) is 0 Å². The van der Waals surface area contributed by atoms with Crippen LogP contribution in [0.5, 0.6) is 23.0 Å². The van der Waals surface area contributed by atoms with Crippen LogP contribution in [0.3, 0.4) is 0 Å². The molecule has 0 saturated carbocycles. The summed E-state index contributed by atoms with van der Waals surface area (Å²) in [5.74, 6) is 2.85. The average molecular weight is 822 g/mol. The van der Waals surface area contributed by atoms with E-state index in [0.717, 1.165) is 59.8 Å². The number of hydrogen-bond donors (Lipinski definition) is 0. The SMILES string of the molecule is C1=C(c2ccccc2)CCC(c2cccc(N(c3cccc(-c4ccccc4)c3)c3ccc4c(c3)Oc3cc5c(cc3O4)-c3ccccc3C53C4=CCCC=C4c4ccccc43)c2)=C1. The molecule has 0 aromatic heterocycles. The van der Waals surface area contributed by atoms with Crippen LogP contribution < -0.4 is 14.4 Å². The summed E-state index contributed by atoms with van der Waals surface area (Å²) in [4.78, 5) is 2.34. The van der Waals surface area contributed by atoms with Crippen LogP contribution in [0.2, 0.25) is 0 Å². The minimum atomic E-state index is -0.423. The Balaban J connectivity index is 0.919. The van der Waals surface area contributed by atoms with E-state index in [1.807, 2.05) is 0 Å². The summed E-state index contributed by atoms with van der Waals surface area (Å²) in [5, 5.41) is 0. The Morgan fingerprint density at radius 3 is 1.70 bits per heavy atom. The average Bonchev–Trinajstić information content (AvgIpc) is 3.83. The van der Waals surface area contributed by atoms with Crippen molar-refractivity contribution in [2.24, 2.45) is 0 Å². The first-order chi connectivity index (χ1) is 31.7. The molecule has 5 aliphatic rings. The topological polar surface area (TPSA) is 21.7 Å². The van der Waals surface area contributed by atoms with E-state index in [2.05, 4.69) is 217 Å². The minimum Gasteiger partial charge on any atom is -0.449 e. The highest BCUT2D eigenvalue weighted by atomic mass is 16.6. The second-order valence-corrected chi connectivity index (χ2v) is 17.4. The van der Waals surface area contributed by atoms with E-state index < -0.39 is 5.41 Å². The maximum absolute atomic E-state index is 7.05. The number of anilines is 3. The zero-order valence-corrected chi connectivity index (χ0v) is 35.3. The van der Waals surface area contributed by atoms with E-state index in [4.69, 9.17) is 9.47 Å². The third-order valence-electron chi connectivity index (χ3n) is 13.9. The monoisotopic (exact) mass is 821 g/mol. The number of rotatable bonds is 6. The Morgan fingerprint density at radius 2 is 0.938 bits per heavy atom. The molecule has 0 amide bonds. The van der Waals surface area contributed by atoms with Crippen LogP contribution >= 0.6 is 0 Å².